The minimum absolute atomic E-state index is 0.0831. The molecule has 0 aliphatic rings. The highest BCUT2D eigenvalue weighted by Gasteiger charge is 2.08. The number of rotatable bonds is 8. The third-order valence-corrected chi connectivity index (χ3v) is 2.84. The zero-order valence-corrected chi connectivity index (χ0v) is 11.9. The monoisotopic (exact) mass is 264 g/mol. The Labute approximate surface area is 115 Å². The Morgan fingerprint density at radius 2 is 2.00 bits per heavy atom. The van der Waals surface area contributed by atoms with Crippen molar-refractivity contribution in [3.63, 3.8) is 0 Å². The van der Waals surface area contributed by atoms with E-state index in [4.69, 9.17) is 10.5 Å². The number of carbonyl (C=O) groups excluding carboxylic acids is 1. The van der Waals surface area contributed by atoms with Crippen LogP contribution >= 0.6 is 0 Å². The van der Waals surface area contributed by atoms with Crippen LogP contribution in [0.5, 0.6) is 5.75 Å². The second-order valence-corrected chi connectivity index (χ2v) is 4.56. The second-order valence-electron chi connectivity index (χ2n) is 4.56. The van der Waals surface area contributed by atoms with Crippen molar-refractivity contribution in [3.05, 3.63) is 23.8 Å². The molecule has 0 saturated heterocycles. The van der Waals surface area contributed by atoms with E-state index in [-0.39, 0.29) is 5.91 Å². The molecule has 0 heterocycles. The van der Waals surface area contributed by atoms with Crippen molar-refractivity contribution < 1.29 is 9.53 Å². The molecule has 0 aromatic heterocycles. The largest absolute Gasteiger partial charge is 0.491 e. The number of amides is 1. The van der Waals surface area contributed by atoms with Gasteiger partial charge in [-0.3, -0.25) is 4.79 Å². The zero-order valence-electron chi connectivity index (χ0n) is 11.9. The van der Waals surface area contributed by atoms with E-state index in [0.29, 0.717) is 30.2 Å². The molecule has 106 valence electrons. The van der Waals surface area contributed by atoms with Crippen molar-refractivity contribution >= 4 is 11.6 Å². The summed E-state index contributed by atoms with van der Waals surface area (Å²) >= 11 is 0. The molecule has 0 atom stereocenters. The van der Waals surface area contributed by atoms with Gasteiger partial charge in [-0.2, -0.15) is 0 Å². The fourth-order valence-corrected chi connectivity index (χ4v) is 1.63. The van der Waals surface area contributed by atoms with Gasteiger partial charge >= 0.3 is 0 Å². The molecule has 0 aliphatic carbocycles. The minimum atomic E-state index is -0.0831. The van der Waals surface area contributed by atoms with E-state index >= 15 is 0 Å². The van der Waals surface area contributed by atoms with Gasteiger partial charge in [0.1, 0.15) is 5.75 Å². The Morgan fingerprint density at radius 1 is 1.26 bits per heavy atom. The third-order valence-electron chi connectivity index (χ3n) is 2.84. The fraction of sp³-hybridized carbons (Fsp3) is 0.533. The molecule has 1 rings (SSSR count). The Bertz CT molecular complexity index is 405. The van der Waals surface area contributed by atoms with Gasteiger partial charge in [0.25, 0.3) is 5.91 Å². The molecule has 0 aliphatic heterocycles. The normalized spacial score (nSPS) is 10.2. The van der Waals surface area contributed by atoms with Crippen LogP contribution < -0.4 is 15.8 Å². The summed E-state index contributed by atoms with van der Waals surface area (Å²) in [5.41, 5.74) is 6.98. The average Bonchev–Trinajstić information content (AvgIpc) is 2.41. The summed E-state index contributed by atoms with van der Waals surface area (Å²) in [6, 6.07) is 5.18. The van der Waals surface area contributed by atoms with Gasteiger partial charge in [0, 0.05) is 12.1 Å². The Hall–Kier alpha value is -1.71. The summed E-state index contributed by atoms with van der Waals surface area (Å²) in [6.07, 6.45) is 4.13. The number of hydrogen-bond donors (Lipinski definition) is 2. The van der Waals surface area contributed by atoms with Crippen LogP contribution in [-0.4, -0.2) is 19.1 Å². The van der Waals surface area contributed by atoms with Crippen LogP contribution in [-0.2, 0) is 0 Å². The van der Waals surface area contributed by atoms with Gasteiger partial charge in [0.05, 0.1) is 12.3 Å². The Balaban J connectivity index is 2.57. The van der Waals surface area contributed by atoms with E-state index in [1.54, 1.807) is 18.2 Å². The molecule has 0 spiro atoms. The van der Waals surface area contributed by atoms with E-state index in [9.17, 15) is 4.79 Å². The molecule has 0 radical (unpaired) electrons. The molecule has 0 bridgehead atoms. The highest BCUT2D eigenvalue weighted by Crippen LogP contribution is 2.22. The first-order valence-corrected chi connectivity index (χ1v) is 6.99. The molecule has 0 unspecified atom stereocenters. The van der Waals surface area contributed by atoms with Gasteiger partial charge in [-0.05, 0) is 31.0 Å². The Kier molecular flexibility index (Phi) is 6.79. The number of nitrogen functional groups attached to an aromatic ring is 1. The summed E-state index contributed by atoms with van der Waals surface area (Å²) in [5, 5.41) is 2.86. The lowest BCUT2D eigenvalue weighted by Gasteiger charge is -2.10. The number of nitrogens with two attached hydrogens (primary N) is 1. The first-order chi connectivity index (χ1) is 9.19. The molecular weight excluding hydrogens is 240 g/mol. The summed E-state index contributed by atoms with van der Waals surface area (Å²) in [7, 11) is 0. The lowest BCUT2D eigenvalue weighted by Crippen LogP contribution is -2.24. The van der Waals surface area contributed by atoms with Gasteiger partial charge in [-0.1, -0.05) is 26.7 Å². The first-order valence-electron chi connectivity index (χ1n) is 6.99. The topological polar surface area (TPSA) is 64.3 Å². The first kappa shape index (κ1) is 15.3. The number of benzene rings is 1. The van der Waals surface area contributed by atoms with Gasteiger partial charge < -0.3 is 15.8 Å². The van der Waals surface area contributed by atoms with Crippen LogP contribution in [0.3, 0.4) is 0 Å². The number of anilines is 1. The molecule has 1 aromatic carbocycles. The number of ether oxygens (including phenoxy) is 1. The zero-order chi connectivity index (χ0) is 14.1. The van der Waals surface area contributed by atoms with Gasteiger partial charge in [-0.25, -0.2) is 0 Å². The van der Waals surface area contributed by atoms with E-state index < -0.39 is 0 Å². The SMILES string of the molecule is CCCCNC(=O)c1ccc(OCCCC)c(N)c1. The van der Waals surface area contributed by atoms with E-state index in [0.717, 1.165) is 25.7 Å². The summed E-state index contributed by atoms with van der Waals surface area (Å²) in [5.74, 6) is 0.568. The molecule has 0 saturated carbocycles. The predicted molar refractivity (Wildman–Crippen MR) is 78.5 cm³/mol. The molecule has 3 N–H and O–H groups in total. The van der Waals surface area contributed by atoms with Gasteiger partial charge in [-0.15, -0.1) is 0 Å². The molecule has 4 nitrogen and oxygen atoms in total. The molecule has 4 heteroatoms. The van der Waals surface area contributed by atoms with Crippen molar-refractivity contribution in [2.24, 2.45) is 0 Å². The quantitative estimate of drug-likeness (QED) is 0.560. The lowest BCUT2D eigenvalue weighted by atomic mass is 10.1. The van der Waals surface area contributed by atoms with Crippen molar-refractivity contribution in [1.82, 2.24) is 5.32 Å². The van der Waals surface area contributed by atoms with Crippen molar-refractivity contribution in [2.45, 2.75) is 39.5 Å². The molecule has 0 fully saturated rings. The summed E-state index contributed by atoms with van der Waals surface area (Å²) in [6.45, 7) is 5.55. The van der Waals surface area contributed by atoms with Crippen LogP contribution in [0.15, 0.2) is 18.2 Å². The molecule has 1 aromatic rings. The lowest BCUT2D eigenvalue weighted by molar-refractivity contribution is 0.0953. The maximum Gasteiger partial charge on any atom is 0.251 e. The third kappa shape index (κ3) is 5.20. The highest BCUT2D eigenvalue weighted by atomic mass is 16.5. The maximum atomic E-state index is 11.8. The maximum absolute atomic E-state index is 11.8. The number of hydrogen-bond acceptors (Lipinski definition) is 3. The highest BCUT2D eigenvalue weighted by molar-refractivity contribution is 5.95. The van der Waals surface area contributed by atoms with Crippen molar-refractivity contribution in [1.29, 1.82) is 0 Å². The standard InChI is InChI=1S/C15H24N2O2/c1-3-5-9-17-15(18)12-7-8-14(13(16)11-12)19-10-6-4-2/h7-8,11H,3-6,9-10,16H2,1-2H3,(H,17,18). The Morgan fingerprint density at radius 3 is 2.63 bits per heavy atom. The number of carbonyl (C=O) groups is 1. The van der Waals surface area contributed by atoms with Crippen molar-refractivity contribution in [3.8, 4) is 5.75 Å². The van der Waals surface area contributed by atoms with Crippen molar-refractivity contribution in [2.75, 3.05) is 18.9 Å². The van der Waals surface area contributed by atoms with Crippen LogP contribution in [0.1, 0.15) is 49.9 Å². The summed E-state index contributed by atoms with van der Waals surface area (Å²) < 4.78 is 5.55. The van der Waals surface area contributed by atoms with E-state index in [1.807, 2.05) is 0 Å². The predicted octanol–water partition coefficient (Wildman–Crippen LogP) is 2.98. The van der Waals surface area contributed by atoms with Gasteiger partial charge in [0.15, 0.2) is 0 Å². The summed E-state index contributed by atoms with van der Waals surface area (Å²) in [4.78, 5) is 11.8. The van der Waals surface area contributed by atoms with E-state index in [2.05, 4.69) is 19.2 Å². The van der Waals surface area contributed by atoms with Crippen LogP contribution in [0.2, 0.25) is 0 Å². The van der Waals surface area contributed by atoms with Crippen LogP contribution in [0.25, 0.3) is 0 Å². The van der Waals surface area contributed by atoms with Crippen LogP contribution in [0.4, 0.5) is 5.69 Å². The average molecular weight is 264 g/mol. The fourth-order valence-electron chi connectivity index (χ4n) is 1.63. The van der Waals surface area contributed by atoms with Gasteiger partial charge in [0.2, 0.25) is 0 Å². The smallest absolute Gasteiger partial charge is 0.251 e. The number of unbranched alkanes of at least 4 members (excludes halogenated alkanes) is 2. The number of nitrogens with one attached hydrogen (secondary N) is 1. The molecule has 1 amide bonds. The van der Waals surface area contributed by atoms with E-state index in [1.165, 1.54) is 0 Å². The second kappa shape index (κ2) is 8.40. The minimum Gasteiger partial charge on any atom is -0.491 e. The molecular formula is C15H24N2O2. The molecule has 19 heavy (non-hydrogen) atoms. The van der Waals surface area contributed by atoms with Crippen LogP contribution in [0, 0.1) is 0 Å².